The summed E-state index contributed by atoms with van der Waals surface area (Å²) in [6, 6.07) is 8.65. The summed E-state index contributed by atoms with van der Waals surface area (Å²) in [6.45, 7) is 5.87. The zero-order valence-electron chi connectivity index (χ0n) is 20.3. The second-order valence-electron chi connectivity index (χ2n) is 8.54. The summed E-state index contributed by atoms with van der Waals surface area (Å²) < 4.78 is 14.6. The van der Waals surface area contributed by atoms with Gasteiger partial charge in [0.05, 0.1) is 18.0 Å². The molecule has 2 saturated heterocycles. The van der Waals surface area contributed by atoms with E-state index in [0.717, 1.165) is 4.90 Å². The second-order valence-corrected chi connectivity index (χ2v) is 10.3. The van der Waals surface area contributed by atoms with Crippen molar-refractivity contribution in [2.75, 3.05) is 16.4 Å². The Morgan fingerprint density at radius 2 is 1.13 bits per heavy atom. The molecule has 0 radical (unpaired) electrons. The van der Waals surface area contributed by atoms with Crippen molar-refractivity contribution in [2.45, 2.75) is 38.9 Å². The highest BCUT2D eigenvalue weighted by Gasteiger charge is 2.58. The first-order chi connectivity index (χ1) is 17.6. The van der Waals surface area contributed by atoms with Crippen LogP contribution in [0.2, 0.25) is 20.1 Å². The molecule has 10 nitrogen and oxygen atoms in total. The fourth-order valence-corrected chi connectivity index (χ4v) is 4.43. The predicted octanol–water partition coefficient (Wildman–Crippen LogP) is 6.05. The van der Waals surface area contributed by atoms with Gasteiger partial charge in [0.25, 0.3) is 17.4 Å². The lowest BCUT2D eigenvalue weighted by molar-refractivity contribution is -0.164. The number of hydrogen-bond donors (Lipinski definition) is 0. The summed E-state index contributed by atoms with van der Waals surface area (Å²) in [7, 11) is 0. The van der Waals surface area contributed by atoms with E-state index in [1.807, 2.05) is 0 Å². The molecule has 2 aromatic rings. The summed E-state index contributed by atoms with van der Waals surface area (Å²) in [5.41, 5.74) is -2.74. The average molecular weight is 606 g/mol. The summed E-state index contributed by atoms with van der Waals surface area (Å²) in [5.74, 6) is -2.23. The van der Waals surface area contributed by atoms with Crippen LogP contribution in [0.15, 0.2) is 36.4 Å². The van der Waals surface area contributed by atoms with Crippen molar-refractivity contribution in [1.29, 1.82) is 0 Å². The maximum Gasteiger partial charge on any atom is 0.423 e. The van der Waals surface area contributed by atoms with Crippen LogP contribution in [0.4, 0.5) is 21.0 Å². The van der Waals surface area contributed by atoms with E-state index >= 15 is 0 Å². The molecule has 2 aliphatic heterocycles. The molecule has 4 rings (SSSR count). The molecule has 2 aromatic carbocycles. The number of anilines is 2. The number of cyclic esters (lactones) is 2. The van der Waals surface area contributed by atoms with Crippen molar-refractivity contribution in [2.24, 2.45) is 0 Å². The van der Waals surface area contributed by atoms with E-state index in [-0.39, 0.29) is 22.3 Å². The number of rotatable bonds is 4. The number of nitrogens with zero attached hydrogens (tertiary/aromatic N) is 2. The van der Waals surface area contributed by atoms with Gasteiger partial charge in [0.2, 0.25) is 0 Å². The quantitative estimate of drug-likeness (QED) is 0.234. The van der Waals surface area contributed by atoms with Crippen LogP contribution in [0.5, 0.6) is 0 Å². The zero-order valence-corrected chi connectivity index (χ0v) is 23.4. The molecule has 14 heteroatoms. The lowest BCUT2D eigenvalue weighted by atomic mass is 10.1. The lowest BCUT2D eigenvalue weighted by Crippen LogP contribution is -2.46. The third kappa shape index (κ3) is 5.83. The summed E-state index contributed by atoms with van der Waals surface area (Å²) in [5, 5.41) is 1.17. The number of imide groups is 2. The third-order valence-electron chi connectivity index (χ3n) is 5.20. The van der Waals surface area contributed by atoms with Crippen molar-refractivity contribution >= 4 is 87.7 Å². The Labute approximate surface area is 237 Å². The maximum atomic E-state index is 12.4. The molecular weight excluding hydrogens is 586 g/mol. The number of hydrogen-bond acceptors (Lipinski definition) is 8. The summed E-state index contributed by atoms with van der Waals surface area (Å²) in [6.07, 6.45) is -1.72. The van der Waals surface area contributed by atoms with Crippen molar-refractivity contribution in [3.05, 3.63) is 56.5 Å². The number of carbonyl (C=O) groups is 5. The molecule has 0 aliphatic carbocycles. The van der Waals surface area contributed by atoms with Crippen molar-refractivity contribution in [3.63, 3.8) is 0 Å². The number of halogens is 4. The molecular formula is C24H20Cl4N2O8. The molecule has 0 saturated carbocycles. The van der Waals surface area contributed by atoms with E-state index in [1.54, 1.807) is 6.92 Å². The molecule has 0 N–H and O–H groups in total. The van der Waals surface area contributed by atoms with E-state index in [0.29, 0.717) is 20.6 Å². The smallest absolute Gasteiger partial charge is 0.423 e. The highest BCUT2D eigenvalue weighted by molar-refractivity contribution is 6.36. The zero-order chi connectivity index (χ0) is 28.6. The topological polar surface area (TPSA) is 120 Å². The minimum absolute atomic E-state index is 0.0578. The van der Waals surface area contributed by atoms with Gasteiger partial charge in [-0.15, -0.1) is 0 Å². The molecule has 2 fully saturated rings. The molecule has 4 amide bonds. The van der Waals surface area contributed by atoms with Crippen LogP contribution in [-0.2, 0) is 28.6 Å². The van der Waals surface area contributed by atoms with Crippen LogP contribution in [0.1, 0.15) is 27.7 Å². The van der Waals surface area contributed by atoms with E-state index in [9.17, 15) is 24.0 Å². The number of carbonyl (C=O) groups excluding carboxylic acids is 5. The lowest BCUT2D eigenvalue weighted by Gasteiger charge is -2.17. The first-order valence-corrected chi connectivity index (χ1v) is 12.4. The minimum atomic E-state index is -2.01. The van der Waals surface area contributed by atoms with Crippen LogP contribution >= 0.6 is 46.4 Å². The molecule has 1 unspecified atom stereocenters. The fourth-order valence-electron chi connectivity index (χ4n) is 3.40. The largest absolute Gasteiger partial charge is 0.463 e. The van der Waals surface area contributed by atoms with Gasteiger partial charge >= 0.3 is 18.2 Å². The standard InChI is InChI=1S/C13H11Cl2NO5.C11H9Cl2NO3/c1-3-20-11(18)13(2)10(17)16(12(19)21-13)9-5-7(14)4-8(15)6-9;1-11(2)9(15)14(10(16)17-11)8-4-6(12)3-7(13)5-8/h4-6H,3H2,1-2H3;3-5H,1-2H3. The molecule has 0 aromatic heterocycles. The number of esters is 1. The normalized spacial score (nSPS) is 20.1. The Kier molecular flexibility index (Phi) is 8.52. The van der Waals surface area contributed by atoms with Crippen molar-refractivity contribution < 1.29 is 38.2 Å². The number of benzene rings is 2. The van der Waals surface area contributed by atoms with Crippen molar-refractivity contribution in [1.82, 2.24) is 0 Å². The van der Waals surface area contributed by atoms with E-state index in [4.69, 9.17) is 60.6 Å². The molecule has 2 heterocycles. The highest BCUT2D eigenvalue weighted by atomic mass is 35.5. The Bertz CT molecular complexity index is 1310. The Morgan fingerprint density at radius 1 is 0.737 bits per heavy atom. The van der Waals surface area contributed by atoms with Gasteiger partial charge in [0.15, 0.2) is 5.60 Å². The third-order valence-corrected chi connectivity index (χ3v) is 6.08. The van der Waals surface area contributed by atoms with Crippen LogP contribution in [0, 0.1) is 0 Å². The first kappa shape index (κ1) is 29.5. The molecule has 0 bridgehead atoms. The Hall–Kier alpha value is -3.05. The maximum absolute atomic E-state index is 12.4. The van der Waals surface area contributed by atoms with Crippen LogP contribution in [0.25, 0.3) is 0 Å². The monoisotopic (exact) mass is 604 g/mol. The van der Waals surface area contributed by atoms with Gasteiger partial charge in [-0.25, -0.2) is 24.2 Å². The van der Waals surface area contributed by atoms with Gasteiger partial charge in [-0.05, 0) is 64.1 Å². The van der Waals surface area contributed by atoms with Gasteiger partial charge in [-0.2, -0.15) is 0 Å². The number of amides is 4. The molecule has 202 valence electrons. The fraction of sp³-hybridized carbons (Fsp3) is 0.292. The molecule has 2 aliphatic rings. The summed E-state index contributed by atoms with van der Waals surface area (Å²) in [4.78, 5) is 61.3. The van der Waals surface area contributed by atoms with E-state index in [2.05, 4.69) is 0 Å². The van der Waals surface area contributed by atoms with E-state index < -0.39 is 41.2 Å². The van der Waals surface area contributed by atoms with Gasteiger partial charge in [0.1, 0.15) is 0 Å². The molecule has 1 atom stereocenters. The average Bonchev–Trinajstić information content (AvgIpc) is 3.14. The van der Waals surface area contributed by atoms with Crippen LogP contribution in [0.3, 0.4) is 0 Å². The second kappa shape index (κ2) is 11.0. The van der Waals surface area contributed by atoms with Crippen molar-refractivity contribution in [3.8, 4) is 0 Å². The van der Waals surface area contributed by atoms with Gasteiger partial charge < -0.3 is 14.2 Å². The first-order valence-electron chi connectivity index (χ1n) is 10.8. The van der Waals surface area contributed by atoms with E-state index in [1.165, 1.54) is 57.2 Å². The minimum Gasteiger partial charge on any atom is -0.463 e. The molecule has 0 spiro atoms. The number of ether oxygens (including phenoxy) is 3. The summed E-state index contributed by atoms with van der Waals surface area (Å²) >= 11 is 23.3. The van der Waals surface area contributed by atoms with Gasteiger partial charge in [-0.1, -0.05) is 46.4 Å². The predicted molar refractivity (Wildman–Crippen MR) is 140 cm³/mol. The molecule has 38 heavy (non-hydrogen) atoms. The van der Waals surface area contributed by atoms with Gasteiger partial charge in [-0.3, -0.25) is 9.59 Å². The van der Waals surface area contributed by atoms with Crippen LogP contribution < -0.4 is 9.80 Å². The van der Waals surface area contributed by atoms with Crippen LogP contribution in [-0.4, -0.2) is 47.8 Å². The van der Waals surface area contributed by atoms with Gasteiger partial charge in [0, 0.05) is 20.1 Å². The Morgan fingerprint density at radius 3 is 1.50 bits per heavy atom. The highest BCUT2D eigenvalue weighted by Crippen LogP contribution is 2.34. The SMILES string of the molecule is CC1(C)OC(=O)N(c2cc(Cl)cc(Cl)c2)C1=O.CCOC(=O)C1(C)OC(=O)N(c2cc(Cl)cc(Cl)c2)C1=O. The Balaban J connectivity index is 0.000000215.